The summed E-state index contributed by atoms with van der Waals surface area (Å²) >= 11 is 2.34. The molecule has 0 saturated carbocycles. The highest BCUT2D eigenvalue weighted by Gasteiger charge is 2.20. The van der Waals surface area contributed by atoms with Crippen LogP contribution >= 0.6 is 22.6 Å². The van der Waals surface area contributed by atoms with E-state index in [1.807, 2.05) is 0 Å². The Morgan fingerprint density at radius 3 is 2.55 bits per heavy atom. The van der Waals surface area contributed by atoms with E-state index in [9.17, 15) is 0 Å². The molecule has 0 amide bonds. The van der Waals surface area contributed by atoms with Crippen LogP contribution in [0.4, 0.5) is 5.82 Å². The Bertz CT molecular complexity index is 607. The van der Waals surface area contributed by atoms with E-state index in [1.54, 1.807) is 0 Å². The zero-order chi connectivity index (χ0) is 14.1. The van der Waals surface area contributed by atoms with E-state index in [2.05, 4.69) is 77.7 Å². The number of rotatable bonds is 2. The number of aromatic nitrogens is 1. The summed E-state index contributed by atoms with van der Waals surface area (Å²) in [5.74, 6) is 1.90. The SMILES string of the molecule is Cc1ccc(N2CCC(C)C2)nc1-c1ccc(I)cc1. The summed E-state index contributed by atoms with van der Waals surface area (Å²) in [6, 6.07) is 13.0. The maximum absolute atomic E-state index is 4.91. The summed E-state index contributed by atoms with van der Waals surface area (Å²) in [5, 5.41) is 0. The number of hydrogen-bond acceptors (Lipinski definition) is 2. The van der Waals surface area contributed by atoms with Gasteiger partial charge in [0.1, 0.15) is 5.82 Å². The Kier molecular flexibility index (Phi) is 3.96. The first-order chi connectivity index (χ1) is 9.63. The standard InChI is InChI=1S/C17H19IN2/c1-12-9-10-20(11-12)16-8-3-13(2)17(19-16)14-4-6-15(18)7-5-14/h3-8,12H,9-11H2,1-2H3. The first kappa shape index (κ1) is 13.9. The van der Waals surface area contributed by atoms with Crippen molar-refractivity contribution >= 4 is 28.4 Å². The highest BCUT2D eigenvalue weighted by atomic mass is 127. The summed E-state index contributed by atoms with van der Waals surface area (Å²) in [7, 11) is 0. The van der Waals surface area contributed by atoms with E-state index in [0.29, 0.717) is 0 Å². The van der Waals surface area contributed by atoms with Gasteiger partial charge in [-0.2, -0.15) is 0 Å². The first-order valence-electron chi connectivity index (χ1n) is 7.12. The summed E-state index contributed by atoms with van der Waals surface area (Å²) in [5.41, 5.74) is 3.55. The number of nitrogens with zero attached hydrogens (tertiary/aromatic N) is 2. The van der Waals surface area contributed by atoms with Gasteiger partial charge in [-0.05, 0) is 65.6 Å². The lowest BCUT2D eigenvalue weighted by Gasteiger charge is -2.18. The molecule has 20 heavy (non-hydrogen) atoms. The Morgan fingerprint density at radius 1 is 1.15 bits per heavy atom. The van der Waals surface area contributed by atoms with Crippen LogP contribution in [0.25, 0.3) is 11.3 Å². The van der Waals surface area contributed by atoms with Crippen molar-refractivity contribution in [1.29, 1.82) is 0 Å². The Labute approximate surface area is 134 Å². The van der Waals surface area contributed by atoms with Crippen LogP contribution in [0, 0.1) is 16.4 Å². The number of halogens is 1. The summed E-state index contributed by atoms with van der Waals surface area (Å²) in [4.78, 5) is 7.32. The third-order valence-electron chi connectivity index (χ3n) is 3.95. The number of aryl methyl sites for hydroxylation is 1. The van der Waals surface area contributed by atoms with E-state index in [-0.39, 0.29) is 0 Å². The minimum Gasteiger partial charge on any atom is -0.356 e. The van der Waals surface area contributed by atoms with E-state index in [4.69, 9.17) is 4.98 Å². The molecule has 2 nitrogen and oxygen atoms in total. The minimum atomic E-state index is 0.778. The smallest absolute Gasteiger partial charge is 0.129 e. The highest BCUT2D eigenvalue weighted by Crippen LogP contribution is 2.27. The molecule has 0 radical (unpaired) electrons. The maximum Gasteiger partial charge on any atom is 0.129 e. The number of hydrogen-bond donors (Lipinski definition) is 0. The molecule has 0 spiro atoms. The third kappa shape index (κ3) is 2.82. The predicted molar refractivity (Wildman–Crippen MR) is 93.1 cm³/mol. The topological polar surface area (TPSA) is 16.1 Å². The molecule has 0 aliphatic carbocycles. The van der Waals surface area contributed by atoms with Crippen LogP contribution in [0.1, 0.15) is 18.9 Å². The van der Waals surface area contributed by atoms with Gasteiger partial charge in [0.15, 0.2) is 0 Å². The molecule has 1 aliphatic rings. The molecule has 1 aromatic carbocycles. The van der Waals surface area contributed by atoms with Crippen molar-refractivity contribution in [1.82, 2.24) is 4.98 Å². The Morgan fingerprint density at radius 2 is 1.90 bits per heavy atom. The quantitative estimate of drug-likeness (QED) is 0.715. The van der Waals surface area contributed by atoms with Crippen LogP contribution in [0.3, 0.4) is 0 Å². The zero-order valence-electron chi connectivity index (χ0n) is 11.9. The second-order valence-electron chi connectivity index (χ2n) is 5.68. The van der Waals surface area contributed by atoms with Crippen molar-refractivity contribution in [3.05, 3.63) is 45.5 Å². The molecular formula is C17H19IN2. The number of benzene rings is 1. The monoisotopic (exact) mass is 378 g/mol. The molecule has 1 aromatic heterocycles. The lowest BCUT2D eigenvalue weighted by molar-refractivity contribution is 0.659. The summed E-state index contributed by atoms with van der Waals surface area (Å²) in [6.07, 6.45) is 1.27. The van der Waals surface area contributed by atoms with Gasteiger partial charge in [-0.3, -0.25) is 0 Å². The van der Waals surface area contributed by atoms with E-state index in [0.717, 1.165) is 30.5 Å². The Hall–Kier alpha value is -1.10. The van der Waals surface area contributed by atoms with E-state index < -0.39 is 0 Å². The average molecular weight is 378 g/mol. The fourth-order valence-corrected chi connectivity index (χ4v) is 3.10. The second kappa shape index (κ2) is 5.72. The van der Waals surface area contributed by atoms with Crippen molar-refractivity contribution in [3.8, 4) is 11.3 Å². The van der Waals surface area contributed by atoms with Gasteiger partial charge >= 0.3 is 0 Å². The fraction of sp³-hybridized carbons (Fsp3) is 0.353. The lowest BCUT2D eigenvalue weighted by atomic mass is 10.1. The molecule has 1 unspecified atom stereocenters. The van der Waals surface area contributed by atoms with Crippen LogP contribution in [0.5, 0.6) is 0 Å². The molecule has 0 N–H and O–H groups in total. The average Bonchev–Trinajstić information content (AvgIpc) is 2.87. The summed E-state index contributed by atoms with van der Waals surface area (Å²) < 4.78 is 1.26. The second-order valence-corrected chi connectivity index (χ2v) is 6.93. The van der Waals surface area contributed by atoms with Crippen molar-refractivity contribution in [2.45, 2.75) is 20.3 Å². The highest BCUT2D eigenvalue weighted by molar-refractivity contribution is 14.1. The Balaban J connectivity index is 1.96. The molecule has 1 fully saturated rings. The largest absolute Gasteiger partial charge is 0.356 e. The van der Waals surface area contributed by atoms with Crippen molar-refractivity contribution in [3.63, 3.8) is 0 Å². The number of pyridine rings is 1. The van der Waals surface area contributed by atoms with Crippen LogP contribution in [0.2, 0.25) is 0 Å². The zero-order valence-corrected chi connectivity index (χ0v) is 14.1. The van der Waals surface area contributed by atoms with Gasteiger partial charge in [-0.1, -0.05) is 25.1 Å². The lowest BCUT2D eigenvalue weighted by Crippen LogP contribution is -2.20. The third-order valence-corrected chi connectivity index (χ3v) is 4.67. The molecule has 3 rings (SSSR count). The molecule has 104 valence electrons. The van der Waals surface area contributed by atoms with Crippen molar-refractivity contribution in [2.75, 3.05) is 18.0 Å². The van der Waals surface area contributed by atoms with Gasteiger partial charge in [0.25, 0.3) is 0 Å². The number of anilines is 1. The summed E-state index contributed by atoms with van der Waals surface area (Å²) in [6.45, 7) is 6.70. The van der Waals surface area contributed by atoms with Gasteiger partial charge in [0.05, 0.1) is 5.69 Å². The normalized spacial score (nSPS) is 18.6. The van der Waals surface area contributed by atoms with Crippen LogP contribution in [-0.4, -0.2) is 18.1 Å². The molecule has 1 saturated heterocycles. The molecule has 1 atom stereocenters. The molecule has 3 heteroatoms. The molecular weight excluding hydrogens is 359 g/mol. The van der Waals surface area contributed by atoms with Gasteiger partial charge in [-0.15, -0.1) is 0 Å². The minimum absolute atomic E-state index is 0.778. The van der Waals surface area contributed by atoms with Crippen LogP contribution < -0.4 is 4.90 Å². The van der Waals surface area contributed by atoms with E-state index in [1.165, 1.54) is 21.1 Å². The van der Waals surface area contributed by atoms with Crippen LogP contribution in [0.15, 0.2) is 36.4 Å². The molecule has 0 bridgehead atoms. The fourth-order valence-electron chi connectivity index (χ4n) is 2.74. The van der Waals surface area contributed by atoms with Gasteiger partial charge in [0.2, 0.25) is 0 Å². The molecule has 2 aromatic rings. The molecule has 2 heterocycles. The first-order valence-corrected chi connectivity index (χ1v) is 8.20. The molecule has 1 aliphatic heterocycles. The van der Waals surface area contributed by atoms with Gasteiger partial charge < -0.3 is 4.90 Å². The van der Waals surface area contributed by atoms with Gasteiger partial charge in [0, 0.05) is 22.2 Å². The van der Waals surface area contributed by atoms with Crippen molar-refractivity contribution in [2.24, 2.45) is 5.92 Å². The maximum atomic E-state index is 4.91. The van der Waals surface area contributed by atoms with E-state index >= 15 is 0 Å². The van der Waals surface area contributed by atoms with Crippen LogP contribution in [-0.2, 0) is 0 Å². The van der Waals surface area contributed by atoms with Crippen molar-refractivity contribution < 1.29 is 0 Å². The van der Waals surface area contributed by atoms with Gasteiger partial charge in [-0.25, -0.2) is 4.98 Å². The predicted octanol–water partition coefficient (Wildman–Crippen LogP) is 4.51.